The molecule has 0 aromatic rings. The molecule has 0 saturated heterocycles. The zero-order valence-corrected chi connectivity index (χ0v) is 29.8. The molecule has 0 fully saturated rings. The van der Waals surface area contributed by atoms with E-state index in [-0.39, 0.29) is 0 Å². The molecule has 6 nitrogen and oxygen atoms in total. The molecular formula is C19H48O6Si7. The second-order valence-electron chi connectivity index (χ2n) is 11.1. The first kappa shape index (κ1) is 32.5. The van der Waals surface area contributed by atoms with E-state index in [2.05, 4.69) is 59.0 Å². The van der Waals surface area contributed by atoms with Crippen molar-refractivity contribution in [3.8, 4) is 0 Å². The lowest BCUT2D eigenvalue weighted by atomic mass is 11.3. The summed E-state index contributed by atoms with van der Waals surface area (Å²) in [5.74, 6) is 0. The Hall–Kier alpha value is 0.498. The molecule has 0 spiro atoms. The van der Waals surface area contributed by atoms with E-state index in [1.807, 2.05) is 62.9 Å². The van der Waals surface area contributed by atoms with Gasteiger partial charge in [0.25, 0.3) is 0 Å². The normalized spacial score (nSPS) is 14.9. The first-order chi connectivity index (χ1) is 13.9. The van der Waals surface area contributed by atoms with Crippen LogP contribution >= 0.6 is 0 Å². The maximum atomic E-state index is 6.72. The van der Waals surface area contributed by atoms with Gasteiger partial charge in [0.2, 0.25) is 0 Å². The Balaban J connectivity index is 6.08. The summed E-state index contributed by atoms with van der Waals surface area (Å²) in [6, 6.07) is 0. The van der Waals surface area contributed by atoms with Crippen molar-refractivity contribution in [3.63, 3.8) is 0 Å². The van der Waals surface area contributed by atoms with Gasteiger partial charge in [0.05, 0.1) is 0 Å². The molecule has 32 heavy (non-hydrogen) atoms. The maximum absolute atomic E-state index is 6.72. The van der Waals surface area contributed by atoms with E-state index in [9.17, 15) is 0 Å². The zero-order valence-electron chi connectivity index (χ0n) is 22.8. The molecule has 0 aliphatic rings. The van der Waals surface area contributed by atoms with Crippen molar-refractivity contribution < 1.29 is 24.7 Å². The maximum Gasteiger partial charge on any atom is 0.470 e. The Morgan fingerprint density at radius 3 is 0.719 bits per heavy atom. The van der Waals surface area contributed by atoms with E-state index >= 15 is 0 Å². The lowest BCUT2D eigenvalue weighted by molar-refractivity contribution is 0.200. The van der Waals surface area contributed by atoms with E-state index in [1.165, 1.54) is 0 Å². The predicted molar refractivity (Wildman–Crippen MR) is 154 cm³/mol. The molecule has 0 radical (unpaired) electrons. The topological polar surface area (TPSA) is 55.4 Å². The van der Waals surface area contributed by atoms with Crippen LogP contribution in [0.15, 0.2) is 36.8 Å². The van der Waals surface area contributed by atoms with Gasteiger partial charge >= 0.3 is 34.5 Å². The molecule has 0 rings (SSSR count). The van der Waals surface area contributed by atoms with Crippen molar-refractivity contribution in [2.75, 3.05) is 0 Å². The van der Waals surface area contributed by atoms with Crippen molar-refractivity contribution in [2.45, 2.75) is 85.1 Å². The minimum absolute atomic E-state index is 1.92. The Labute approximate surface area is 205 Å². The molecule has 0 aliphatic carbocycles. The highest BCUT2D eigenvalue weighted by molar-refractivity contribution is 6.94. The molecule has 0 aromatic heterocycles. The summed E-state index contributed by atoms with van der Waals surface area (Å²) in [6.45, 7) is 38.7. The fourth-order valence-electron chi connectivity index (χ4n) is 3.49. The van der Waals surface area contributed by atoms with Crippen LogP contribution in [0.25, 0.3) is 0 Å². The van der Waals surface area contributed by atoms with Gasteiger partial charge in [-0.2, -0.15) is 0 Å². The largest absolute Gasteiger partial charge is 0.470 e. The summed E-state index contributed by atoms with van der Waals surface area (Å²) in [5.41, 5.74) is 5.77. The standard InChI is InChI=1S/C19H48O6Si7/c1-17-26(4,5)20-29(10,11)23-32(16,24-30(12,13)21-27(6,7)18-2)25-31(14,15)22-28(8,9)19-3/h17-19H,1-3H2,4-16H3. The van der Waals surface area contributed by atoms with E-state index in [1.54, 1.807) is 0 Å². The second kappa shape index (κ2) is 11.0. The summed E-state index contributed by atoms with van der Waals surface area (Å²) in [7, 11) is -17.2. The van der Waals surface area contributed by atoms with Crippen LogP contribution in [-0.4, -0.2) is 59.4 Å². The van der Waals surface area contributed by atoms with Crippen LogP contribution in [0.1, 0.15) is 0 Å². The first-order valence-corrected chi connectivity index (χ1v) is 30.7. The van der Waals surface area contributed by atoms with Gasteiger partial charge < -0.3 is 24.7 Å². The Morgan fingerprint density at radius 2 is 0.562 bits per heavy atom. The van der Waals surface area contributed by atoms with Crippen LogP contribution < -0.4 is 0 Å². The summed E-state index contributed by atoms with van der Waals surface area (Å²) < 4.78 is 39.6. The lowest BCUT2D eigenvalue weighted by Crippen LogP contribution is -2.64. The lowest BCUT2D eigenvalue weighted by Gasteiger charge is -2.45. The van der Waals surface area contributed by atoms with Gasteiger partial charge in [-0.05, 0) is 78.6 Å². The highest BCUT2D eigenvalue weighted by Gasteiger charge is 2.53. The van der Waals surface area contributed by atoms with Crippen LogP contribution in [-0.2, 0) is 24.7 Å². The van der Waals surface area contributed by atoms with Gasteiger partial charge in [0.1, 0.15) is 0 Å². The molecule has 0 heterocycles. The van der Waals surface area contributed by atoms with Crippen molar-refractivity contribution in [3.05, 3.63) is 36.8 Å². The van der Waals surface area contributed by atoms with Gasteiger partial charge in [0.15, 0.2) is 25.0 Å². The van der Waals surface area contributed by atoms with Gasteiger partial charge in [-0.1, -0.05) is 17.1 Å². The van der Waals surface area contributed by atoms with Gasteiger partial charge in [-0.25, -0.2) is 0 Å². The zero-order chi connectivity index (χ0) is 25.9. The molecule has 0 saturated carbocycles. The monoisotopic (exact) mass is 568 g/mol. The van der Waals surface area contributed by atoms with Crippen LogP contribution in [0.5, 0.6) is 0 Å². The molecule has 0 unspecified atom stereocenters. The minimum atomic E-state index is -3.22. The molecule has 0 aliphatic heterocycles. The predicted octanol–water partition coefficient (Wildman–Crippen LogP) is 6.55. The summed E-state index contributed by atoms with van der Waals surface area (Å²) in [5, 5.41) is 0. The van der Waals surface area contributed by atoms with Crippen LogP contribution in [0, 0.1) is 0 Å². The van der Waals surface area contributed by atoms with E-state index < -0.39 is 59.4 Å². The highest BCUT2D eigenvalue weighted by Crippen LogP contribution is 2.30. The average molecular weight is 569 g/mol. The van der Waals surface area contributed by atoms with Crippen molar-refractivity contribution in [1.82, 2.24) is 0 Å². The van der Waals surface area contributed by atoms with E-state index in [4.69, 9.17) is 24.7 Å². The smallest absolute Gasteiger partial charge is 0.433 e. The molecule has 0 amide bonds. The van der Waals surface area contributed by atoms with E-state index in [0.29, 0.717) is 0 Å². The quantitative estimate of drug-likeness (QED) is 0.209. The van der Waals surface area contributed by atoms with Gasteiger partial charge in [-0.3, -0.25) is 0 Å². The second-order valence-corrected chi connectivity index (χ2v) is 37.0. The number of hydrogen-bond acceptors (Lipinski definition) is 6. The van der Waals surface area contributed by atoms with Crippen LogP contribution in [0.4, 0.5) is 0 Å². The molecule has 188 valence electrons. The van der Waals surface area contributed by atoms with Gasteiger partial charge in [0, 0.05) is 6.55 Å². The molecule has 0 bridgehead atoms. The molecule has 0 atom stereocenters. The third-order valence-electron chi connectivity index (χ3n) is 4.29. The van der Waals surface area contributed by atoms with Gasteiger partial charge in [-0.15, -0.1) is 19.7 Å². The fourth-order valence-corrected chi connectivity index (χ4v) is 33.7. The highest BCUT2D eigenvalue weighted by atomic mass is 28.5. The minimum Gasteiger partial charge on any atom is -0.433 e. The Morgan fingerprint density at radius 1 is 0.375 bits per heavy atom. The Bertz CT molecular complexity index is 589. The molecule has 0 aromatic carbocycles. The SMILES string of the molecule is C=C[Si](C)(C)O[Si](C)(C)O[Si](C)(O[Si](C)(C)O[Si](C)(C)C=C)O[Si](C)(C)O[Si](C)(C)C=C. The molecule has 13 heteroatoms. The molecular weight excluding hydrogens is 521 g/mol. The van der Waals surface area contributed by atoms with Crippen molar-refractivity contribution in [2.24, 2.45) is 0 Å². The van der Waals surface area contributed by atoms with Crippen LogP contribution in [0.3, 0.4) is 0 Å². The fraction of sp³-hybridized carbons (Fsp3) is 0.684. The first-order valence-electron chi connectivity index (χ1n) is 11.0. The van der Waals surface area contributed by atoms with Crippen LogP contribution in [0.2, 0.25) is 85.1 Å². The number of rotatable bonds is 15. The van der Waals surface area contributed by atoms with E-state index in [0.717, 1.165) is 0 Å². The number of hydrogen-bond donors (Lipinski definition) is 0. The average Bonchev–Trinajstić information content (AvgIpc) is 2.48. The third-order valence-corrected chi connectivity index (χ3v) is 29.8. The summed E-state index contributed by atoms with van der Waals surface area (Å²) in [4.78, 5) is 0. The summed E-state index contributed by atoms with van der Waals surface area (Å²) >= 11 is 0. The Kier molecular flexibility index (Phi) is 11.2. The van der Waals surface area contributed by atoms with Crippen molar-refractivity contribution in [1.29, 1.82) is 0 Å². The summed E-state index contributed by atoms with van der Waals surface area (Å²) in [6.07, 6.45) is 0. The third kappa shape index (κ3) is 12.8. The van der Waals surface area contributed by atoms with Crippen molar-refractivity contribution >= 4 is 59.4 Å². The molecule has 0 N–H and O–H groups in total.